The summed E-state index contributed by atoms with van der Waals surface area (Å²) in [6.45, 7) is 7.00. The van der Waals surface area contributed by atoms with Gasteiger partial charge in [0, 0.05) is 18.9 Å². The van der Waals surface area contributed by atoms with Crippen molar-refractivity contribution in [2.45, 2.75) is 58.4 Å². The average Bonchev–Trinajstić information content (AvgIpc) is 2.65. The Morgan fingerprint density at radius 3 is 2.30 bits per heavy atom. The highest BCUT2D eigenvalue weighted by atomic mass is 32.2. The predicted molar refractivity (Wildman–Crippen MR) is 105 cm³/mol. The molecule has 164 valence electrons. The van der Waals surface area contributed by atoms with Gasteiger partial charge in [0.05, 0.1) is 0 Å². The van der Waals surface area contributed by atoms with E-state index in [0.717, 1.165) is 22.3 Å². The van der Waals surface area contributed by atoms with E-state index in [4.69, 9.17) is 9.47 Å². The molecule has 0 saturated carbocycles. The van der Waals surface area contributed by atoms with Gasteiger partial charge in [-0.1, -0.05) is 30.3 Å². The molecular weight excluding hydrogens is 421 g/mol. The zero-order valence-corrected chi connectivity index (χ0v) is 17.9. The zero-order chi connectivity index (χ0) is 22.3. The third kappa shape index (κ3) is 4.27. The zero-order valence-electron chi connectivity index (χ0n) is 17.1. The first-order valence-electron chi connectivity index (χ1n) is 9.35. The highest BCUT2D eigenvalue weighted by Crippen LogP contribution is 2.45. The summed E-state index contributed by atoms with van der Waals surface area (Å²) in [7, 11) is -5.79. The Hall–Kier alpha value is -2.26. The molecule has 3 rings (SSSR count). The van der Waals surface area contributed by atoms with Crippen molar-refractivity contribution in [1.29, 1.82) is 0 Å². The Labute approximate surface area is 173 Å². The number of fused-ring (bicyclic) bond motifs is 1. The Kier molecular flexibility index (Phi) is 5.81. The van der Waals surface area contributed by atoms with Gasteiger partial charge < -0.3 is 9.47 Å². The molecule has 9 heteroatoms. The van der Waals surface area contributed by atoms with E-state index in [-0.39, 0.29) is 12.8 Å². The van der Waals surface area contributed by atoms with Crippen molar-refractivity contribution in [2.24, 2.45) is 0 Å². The molecule has 0 amide bonds. The van der Waals surface area contributed by atoms with Crippen LogP contribution in [0.25, 0.3) is 0 Å². The van der Waals surface area contributed by atoms with Crippen molar-refractivity contribution in [2.75, 3.05) is 0 Å². The number of hydrogen-bond acceptors (Lipinski definition) is 5. The van der Waals surface area contributed by atoms with E-state index in [0.29, 0.717) is 23.7 Å². The molecule has 1 aliphatic heterocycles. The van der Waals surface area contributed by atoms with E-state index in [2.05, 4.69) is 4.18 Å². The van der Waals surface area contributed by atoms with Crippen LogP contribution < -0.4 is 9.47 Å². The van der Waals surface area contributed by atoms with Crippen LogP contribution in [0.15, 0.2) is 30.3 Å². The summed E-state index contributed by atoms with van der Waals surface area (Å²) in [5, 5.41) is 0. The molecule has 2 aromatic carbocycles. The molecular formula is C21H23F3O5S. The van der Waals surface area contributed by atoms with Crippen LogP contribution in [0.5, 0.6) is 11.5 Å². The summed E-state index contributed by atoms with van der Waals surface area (Å²) in [6, 6.07) is 9.64. The van der Waals surface area contributed by atoms with Crippen LogP contribution in [-0.4, -0.2) is 19.7 Å². The van der Waals surface area contributed by atoms with E-state index in [9.17, 15) is 21.6 Å². The second-order valence-corrected chi connectivity index (χ2v) is 9.04. The van der Waals surface area contributed by atoms with Gasteiger partial charge in [0.1, 0.15) is 18.1 Å². The number of alkyl halides is 3. The maximum absolute atomic E-state index is 12.8. The molecule has 0 aromatic heterocycles. The standard InChI is InChI=1S/C21H23F3O5S/c1-13-14(2)19-17(15(3)18(13)27-12-16-8-6-5-7-9-16)10-11-20(4,28-19)29-30(25,26)21(22,23)24/h5-9H,10-12H2,1-4H3. The lowest BCUT2D eigenvalue weighted by molar-refractivity contribution is -0.129. The van der Waals surface area contributed by atoms with Gasteiger partial charge in [-0.05, 0) is 49.4 Å². The van der Waals surface area contributed by atoms with Crippen LogP contribution in [0, 0.1) is 20.8 Å². The number of rotatable bonds is 5. The number of halogens is 3. The molecule has 0 aliphatic carbocycles. The topological polar surface area (TPSA) is 61.8 Å². The quantitative estimate of drug-likeness (QED) is 0.474. The fourth-order valence-corrected chi connectivity index (χ4v) is 4.17. The van der Waals surface area contributed by atoms with E-state index in [1.165, 1.54) is 6.92 Å². The Balaban J connectivity index is 1.91. The number of ether oxygens (including phenoxy) is 2. The van der Waals surface area contributed by atoms with Crippen molar-refractivity contribution in [3.8, 4) is 11.5 Å². The first kappa shape index (κ1) is 22.4. The molecule has 0 radical (unpaired) electrons. The summed E-state index contributed by atoms with van der Waals surface area (Å²) in [5.41, 5.74) is -1.50. The predicted octanol–water partition coefficient (Wildman–Crippen LogP) is 5.10. The molecule has 0 bridgehead atoms. The monoisotopic (exact) mass is 444 g/mol. The second-order valence-electron chi connectivity index (χ2n) is 7.51. The SMILES string of the molecule is Cc1c(C)c2c(c(C)c1OCc1ccccc1)CCC(C)(OS(=O)(=O)C(F)(F)F)O2. The van der Waals surface area contributed by atoms with Gasteiger partial charge in [0.2, 0.25) is 5.79 Å². The Morgan fingerprint density at radius 2 is 1.70 bits per heavy atom. The lowest BCUT2D eigenvalue weighted by Crippen LogP contribution is -2.44. The smallest absolute Gasteiger partial charge is 0.488 e. The maximum Gasteiger partial charge on any atom is 0.523 e. The van der Waals surface area contributed by atoms with Gasteiger partial charge in [-0.3, -0.25) is 0 Å². The molecule has 30 heavy (non-hydrogen) atoms. The van der Waals surface area contributed by atoms with Gasteiger partial charge in [-0.25, -0.2) is 4.18 Å². The lowest BCUT2D eigenvalue weighted by atomic mass is 9.91. The fraction of sp³-hybridized carbons (Fsp3) is 0.429. The minimum Gasteiger partial charge on any atom is -0.488 e. The highest BCUT2D eigenvalue weighted by Gasteiger charge is 2.52. The van der Waals surface area contributed by atoms with E-state index in [1.807, 2.05) is 44.2 Å². The highest BCUT2D eigenvalue weighted by molar-refractivity contribution is 7.87. The molecule has 0 fully saturated rings. The van der Waals surface area contributed by atoms with Crippen LogP contribution in [0.1, 0.15) is 41.2 Å². The van der Waals surface area contributed by atoms with E-state index < -0.39 is 21.4 Å². The number of benzene rings is 2. The van der Waals surface area contributed by atoms with Crippen LogP contribution >= 0.6 is 0 Å². The normalized spacial score (nSPS) is 19.2. The minimum atomic E-state index is -5.79. The fourth-order valence-electron chi connectivity index (χ4n) is 3.50. The Bertz CT molecular complexity index is 1050. The summed E-state index contributed by atoms with van der Waals surface area (Å²) in [5.74, 6) is -0.924. The third-order valence-corrected chi connectivity index (χ3v) is 6.39. The average molecular weight is 444 g/mol. The molecule has 1 heterocycles. The molecule has 2 aromatic rings. The van der Waals surface area contributed by atoms with Crippen LogP contribution in [0.2, 0.25) is 0 Å². The van der Waals surface area contributed by atoms with Gasteiger partial charge in [0.15, 0.2) is 0 Å². The second kappa shape index (κ2) is 7.77. The van der Waals surface area contributed by atoms with Gasteiger partial charge in [-0.2, -0.15) is 21.6 Å². The van der Waals surface area contributed by atoms with Crippen LogP contribution in [0.3, 0.4) is 0 Å². The van der Waals surface area contributed by atoms with Crippen molar-refractivity contribution in [3.05, 3.63) is 58.1 Å². The van der Waals surface area contributed by atoms with E-state index in [1.54, 1.807) is 6.92 Å². The number of hydrogen-bond donors (Lipinski definition) is 0. The molecule has 1 unspecified atom stereocenters. The summed E-state index contributed by atoms with van der Waals surface area (Å²) in [4.78, 5) is 0. The van der Waals surface area contributed by atoms with Crippen molar-refractivity contribution in [3.63, 3.8) is 0 Å². The minimum absolute atomic E-state index is 0.0588. The summed E-state index contributed by atoms with van der Waals surface area (Å²) >= 11 is 0. The lowest BCUT2D eigenvalue weighted by Gasteiger charge is -2.37. The van der Waals surface area contributed by atoms with E-state index >= 15 is 0 Å². The summed E-state index contributed by atoms with van der Waals surface area (Å²) < 4.78 is 77.4. The van der Waals surface area contributed by atoms with Crippen LogP contribution in [0.4, 0.5) is 13.2 Å². The van der Waals surface area contributed by atoms with Crippen molar-refractivity contribution < 1.29 is 35.2 Å². The Morgan fingerprint density at radius 1 is 1.07 bits per heavy atom. The van der Waals surface area contributed by atoms with Crippen molar-refractivity contribution >= 4 is 10.1 Å². The maximum atomic E-state index is 12.8. The molecule has 0 N–H and O–H groups in total. The van der Waals surface area contributed by atoms with Gasteiger partial charge >= 0.3 is 15.6 Å². The molecule has 5 nitrogen and oxygen atoms in total. The molecule has 1 aliphatic rings. The van der Waals surface area contributed by atoms with Gasteiger partial charge in [0.25, 0.3) is 0 Å². The molecule has 1 atom stereocenters. The van der Waals surface area contributed by atoms with Gasteiger partial charge in [-0.15, -0.1) is 0 Å². The first-order valence-corrected chi connectivity index (χ1v) is 10.8. The molecule has 0 saturated heterocycles. The summed E-state index contributed by atoms with van der Waals surface area (Å²) in [6.07, 6.45) is 0.227. The molecule has 0 spiro atoms. The first-order chi connectivity index (χ1) is 13.8. The van der Waals surface area contributed by atoms with Crippen molar-refractivity contribution in [1.82, 2.24) is 0 Å². The largest absolute Gasteiger partial charge is 0.523 e. The third-order valence-electron chi connectivity index (χ3n) is 5.25. The van der Waals surface area contributed by atoms with Crippen LogP contribution in [-0.2, 0) is 27.3 Å².